The maximum absolute atomic E-state index is 11.0. The molecule has 1 saturated heterocycles. The SMILES string of the molecule is CCC(C)(C)C1CN(S)C(=O)O1. The molecule has 0 aromatic rings. The molecular weight excluding hydrogens is 174 g/mol. The molecule has 3 nitrogen and oxygen atoms in total. The third-order valence-corrected chi connectivity index (χ3v) is 2.90. The van der Waals surface area contributed by atoms with Crippen LogP contribution in [0.25, 0.3) is 0 Å². The van der Waals surface area contributed by atoms with E-state index in [0.29, 0.717) is 6.54 Å². The van der Waals surface area contributed by atoms with Crippen molar-refractivity contribution in [1.29, 1.82) is 0 Å². The van der Waals surface area contributed by atoms with Crippen LogP contribution in [-0.2, 0) is 4.74 Å². The van der Waals surface area contributed by atoms with Gasteiger partial charge in [0, 0.05) is 5.41 Å². The molecule has 1 aliphatic rings. The van der Waals surface area contributed by atoms with Crippen LogP contribution in [0.3, 0.4) is 0 Å². The number of cyclic esters (lactones) is 1. The highest BCUT2D eigenvalue weighted by Gasteiger charge is 2.39. The molecule has 0 aromatic carbocycles. The second kappa shape index (κ2) is 3.17. The predicted molar refractivity (Wildman–Crippen MR) is 50.0 cm³/mol. The van der Waals surface area contributed by atoms with Gasteiger partial charge in [0.05, 0.1) is 6.54 Å². The Morgan fingerprint density at radius 3 is 2.67 bits per heavy atom. The van der Waals surface area contributed by atoms with Gasteiger partial charge in [-0.05, 0) is 6.42 Å². The number of hydrogen-bond acceptors (Lipinski definition) is 3. The first-order valence-corrected chi connectivity index (χ1v) is 4.54. The molecule has 1 heterocycles. The van der Waals surface area contributed by atoms with E-state index in [2.05, 4.69) is 33.6 Å². The number of nitrogens with zero attached hydrogens (tertiary/aromatic N) is 1. The van der Waals surface area contributed by atoms with Crippen LogP contribution < -0.4 is 0 Å². The minimum Gasteiger partial charge on any atom is -0.443 e. The summed E-state index contributed by atoms with van der Waals surface area (Å²) >= 11 is 3.98. The molecule has 4 heteroatoms. The third kappa shape index (κ3) is 1.68. The molecule has 0 bridgehead atoms. The Hall–Kier alpha value is -0.380. The van der Waals surface area contributed by atoms with Crippen LogP contribution in [-0.4, -0.2) is 23.0 Å². The van der Waals surface area contributed by atoms with E-state index < -0.39 is 0 Å². The fraction of sp³-hybridized carbons (Fsp3) is 0.875. The van der Waals surface area contributed by atoms with Crippen LogP contribution in [0.5, 0.6) is 0 Å². The Morgan fingerprint density at radius 2 is 2.33 bits per heavy atom. The molecular formula is C8H15NO2S. The standard InChI is InChI=1S/C8H15NO2S/c1-4-8(2,3)6-5-9(12)7(10)11-6/h6,12H,4-5H2,1-3H3. The first-order valence-electron chi connectivity index (χ1n) is 4.14. The first-order chi connectivity index (χ1) is 5.47. The second-order valence-electron chi connectivity index (χ2n) is 3.80. The molecule has 0 radical (unpaired) electrons. The lowest BCUT2D eigenvalue weighted by Crippen LogP contribution is -2.31. The van der Waals surface area contributed by atoms with Crippen molar-refractivity contribution in [2.45, 2.75) is 33.3 Å². The molecule has 0 aliphatic carbocycles. The van der Waals surface area contributed by atoms with Gasteiger partial charge in [0.1, 0.15) is 6.10 Å². The summed E-state index contributed by atoms with van der Waals surface area (Å²) in [5.41, 5.74) is 0.0488. The summed E-state index contributed by atoms with van der Waals surface area (Å²) in [5.74, 6) is 0. The largest absolute Gasteiger partial charge is 0.443 e. The summed E-state index contributed by atoms with van der Waals surface area (Å²) < 4.78 is 6.46. The topological polar surface area (TPSA) is 29.5 Å². The van der Waals surface area contributed by atoms with E-state index in [1.165, 1.54) is 4.31 Å². The zero-order valence-electron chi connectivity index (χ0n) is 7.70. The molecule has 1 atom stereocenters. The van der Waals surface area contributed by atoms with Crippen LogP contribution in [0, 0.1) is 5.41 Å². The smallest absolute Gasteiger partial charge is 0.420 e. The normalized spacial score (nSPS) is 24.5. The number of carbonyl (C=O) groups excluding carboxylic acids is 1. The van der Waals surface area contributed by atoms with Gasteiger partial charge in [0.15, 0.2) is 0 Å². The molecule has 12 heavy (non-hydrogen) atoms. The van der Waals surface area contributed by atoms with Crippen molar-refractivity contribution >= 4 is 18.9 Å². The van der Waals surface area contributed by atoms with E-state index >= 15 is 0 Å². The zero-order chi connectivity index (χ0) is 9.35. The summed E-state index contributed by atoms with van der Waals surface area (Å²) in [6.45, 7) is 6.87. The minimum absolute atomic E-state index is 0.0208. The molecule has 1 unspecified atom stereocenters. The monoisotopic (exact) mass is 189 g/mol. The van der Waals surface area contributed by atoms with Crippen LogP contribution >= 0.6 is 12.8 Å². The van der Waals surface area contributed by atoms with E-state index in [9.17, 15) is 4.79 Å². The Balaban J connectivity index is 2.62. The van der Waals surface area contributed by atoms with Gasteiger partial charge < -0.3 is 4.74 Å². The molecule has 0 aromatic heterocycles. The molecule has 1 amide bonds. The van der Waals surface area contributed by atoms with E-state index in [0.717, 1.165) is 6.42 Å². The molecule has 1 rings (SSSR count). The number of rotatable bonds is 2. The Kier molecular flexibility index (Phi) is 2.56. The van der Waals surface area contributed by atoms with Crippen molar-refractivity contribution in [3.63, 3.8) is 0 Å². The predicted octanol–water partition coefficient (Wildman–Crippen LogP) is 2.09. The van der Waals surface area contributed by atoms with Crippen molar-refractivity contribution < 1.29 is 9.53 Å². The highest BCUT2D eigenvalue weighted by molar-refractivity contribution is 7.78. The number of ether oxygens (including phenoxy) is 1. The Bertz CT molecular complexity index is 193. The lowest BCUT2D eigenvalue weighted by Gasteiger charge is -2.27. The summed E-state index contributed by atoms with van der Waals surface area (Å²) in [6.07, 6.45) is 0.643. The molecule has 1 fully saturated rings. The third-order valence-electron chi connectivity index (χ3n) is 2.58. The van der Waals surface area contributed by atoms with Crippen molar-refractivity contribution in [3.8, 4) is 0 Å². The molecule has 0 saturated carbocycles. The first kappa shape index (κ1) is 9.71. The number of amides is 1. The van der Waals surface area contributed by atoms with Crippen molar-refractivity contribution in [2.75, 3.05) is 6.54 Å². The highest BCUT2D eigenvalue weighted by atomic mass is 32.1. The van der Waals surface area contributed by atoms with Crippen LogP contribution in [0.15, 0.2) is 0 Å². The number of thiol groups is 1. The number of hydrogen-bond donors (Lipinski definition) is 1. The van der Waals surface area contributed by atoms with E-state index in [4.69, 9.17) is 4.74 Å². The lowest BCUT2D eigenvalue weighted by molar-refractivity contribution is 0.0599. The number of carbonyl (C=O) groups is 1. The van der Waals surface area contributed by atoms with Gasteiger partial charge in [-0.3, -0.25) is 4.31 Å². The average Bonchev–Trinajstić information content (AvgIpc) is 2.33. The highest BCUT2D eigenvalue weighted by Crippen LogP contribution is 2.32. The Labute approximate surface area is 78.6 Å². The fourth-order valence-electron chi connectivity index (χ4n) is 1.09. The maximum atomic E-state index is 11.0. The van der Waals surface area contributed by atoms with Crippen molar-refractivity contribution in [3.05, 3.63) is 0 Å². The van der Waals surface area contributed by atoms with Gasteiger partial charge in [-0.25, -0.2) is 4.79 Å². The van der Waals surface area contributed by atoms with Gasteiger partial charge in [-0.2, -0.15) is 0 Å². The van der Waals surface area contributed by atoms with Gasteiger partial charge in [0.25, 0.3) is 0 Å². The maximum Gasteiger partial charge on any atom is 0.420 e. The molecule has 0 spiro atoms. The van der Waals surface area contributed by atoms with E-state index in [1.807, 2.05) is 0 Å². The zero-order valence-corrected chi connectivity index (χ0v) is 8.60. The lowest BCUT2D eigenvalue weighted by atomic mass is 9.84. The summed E-state index contributed by atoms with van der Waals surface area (Å²) in [7, 11) is 0. The second-order valence-corrected chi connectivity index (χ2v) is 4.28. The van der Waals surface area contributed by atoms with Gasteiger partial charge in [-0.1, -0.05) is 33.6 Å². The van der Waals surface area contributed by atoms with E-state index in [1.54, 1.807) is 0 Å². The average molecular weight is 189 g/mol. The van der Waals surface area contributed by atoms with Crippen LogP contribution in [0.2, 0.25) is 0 Å². The quantitative estimate of drug-likeness (QED) is 0.674. The Morgan fingerprint density at radius 1 is 1.75 bits per heavy atom. The summed E-state index contributed by atoms with van der Waals surface area (Å²) in [5, 5.41) is 0. The van der Waals surface area contributed by atoms with Gasteiger partial charge >= 0.3 is 6.09 Å². The minimum atomic E-state index is -0.329. The molecule has 0 N–H and O–H groups in total. The van der Waals surface area contributed by atoms with Crippen LogP contribution in [0.1, 0.15) is 27.2 Å². The molecule has 1 aliphatic heterocycles. The van der Waals surface area contributed by atoms with Gasteiger partial charge in [-0.15, -0.1) is 0 Å². The van der Waals surface area contributed by atoms with Crippen molar-refractivity contribution in [2.24, 2.45) is 5.41 Å². The van der Waals surface area contributed by atoms with Gasteiger partial charge in [0.2, 0.25) is 0 Å². The van der Waals surface area contributed by atoms with E-state index in [-0.39, 0.29) is 17.6 Å². The van der Waals surface area contributed by atoms with Crippen molar-refractivity contribution in [1.82, 2.24) is 4.31 Å². The summed E-state index contributed by atoms with van der Waals surface area (Å²) in [4.78, 5) is 11.0. The fourth-order valence-corrected chi connectivity index (χ4v) is 1.28. The summed E-state index contributed by atoms with van der Waals surface area (Å²) in [6, 6.07) is 0. The van der Waals surface area contributed by atoms with Crippen LogP contribution in [0.4, 0.5) is 4.79 Å². The molecule has 70 valence electrons.